The number of hydrogen-bond acceptors (Lipinski definition) is 5. The molecule has 4 rings (SSSR count). The van der Waals surface area contributed by atoms with Gasteiger partial charge in [0.1, 0.15) is 6.61 Å². The van der Waals surface area contributed by atoms with Crippen molar-refractivity contribution in [1.29, 1.82) is 0 Å². The number of ether oxygens (including phenoxy) is 1. The van der Waals surface area contributed by atoms with E-state index in [1.54, 1.807) is 30.7 Å². The van der Waals surface area contributed by atoms with Gasteiger partial charge in [-0.25, -0.2) is 4.98 Å². The minimum Gasteiger partial charge on any atom is -0.473 e. The maximum atomic E-state index is 12.5. The fraction of sp³-hybridized carbons (Fsp3) is 0.200. The Morgan fingerprint density at radius 2 is 2.04 bits per heavy atom. The summed E-state index contributed by atoms with van der Waals surface area (Å²) in [7, 11) is 0. The molecule has 27 heavy (non-hydrogen) atoms. The fourth-order valence-electron chi connectivity index (χ4n) is 3.09. The molecule has 2 N–H and O–H groups in total. The van der Waals surface area contributed by atoms with E-state index in [4.69, 9.17) is 4.74 Å². The maximum Gasteiger partial charge on any atom is 0.257 e. The van der Waals surface area contributed by atoms with Crippen molar-refractivity contribution >= 4 is 17.4 Å². The number of amides is 1. The van der Waals surface area contributed by atoms with Gasteiger partial charge in [0.15, 0.2) is 5.78 Å². The van der Waals surface area contributed by atoms with Crippen molar-refractivity contribution in [3.63, 3.8) is 0 Å². The summed E-state index contributed by atoms with van der Waals surface area (Å²) in [4.78, 5) is 35.9. The molecule has 7 heteroatoms. The van der Waals surface area contributed by atoms with Crippen LogP contribution in [-0.4, -0.2) is 26.6 Å². The Labute approximate surface area is 155 Å². The van der Waals surface area contributed by atoms with Crippen molar-refractivity contribution in [2.75, 3.05) is 5.32 Å². The number of rotatable bonds is 5. The Morgan fingerprint density at radius 3 is 2.81 bits per heavy atom. The van der Waals surface area contributed by atoms with E-state index in [-0.39, 0.29) is 11.7 Å². The van der Waals surface area contributed by atoms with Crippen LogP contribution in [0.1, 0.15) is 44.8 Å². The van der Waals surface area contributed by atoms with Crippen LogP contribution < -0.4 is 10.1 Å². The molecule has 0 saturated carbocycles. The number of hydrogen-bond donors (Lipinski definition) is 2. The van der Waals surface area contributed by atoms with Crippen LogP contribution in [0.2, 0.25) is 0 Å². The summed E-state index contributed by atoms with van der Waals surface area (Å²) in [6.45, 7) is 0.388. The van der Waals surface area contributed by atoms with Crippen LogP contribution in [0.4, 0.5) is 5.69 Å². The lowest BCUT2D eigenvalue weighted by molar-refractivity contribution is 0.0956. The molecule has 136 valence electrons. The summed E-state index contributed by atoms with van der Waals surface area (Å²) in [5.74, 6) is 0.148. The van der Waals surface area contributed by atoms with Crippen molar-refractivity contribution < 1.29 is 14.3 Å². The fourth-order valence-corrected chi connectivity index (χ4v) is 3.09. The maximum absolute atomic E-state index is 12.5. The standard InChI is InChI=1S/C20H18N4O3/c25-17-3-1-2-16-19(17)15(11-22-16)20(26)24-14-4-5-18(23-10-14)27-12-13-6-8-21-9-7-13/h4-11,22H,1-3,12H2,(H,24,26). The van der Waals surface area contributed by atoms with Crippen LogP contribution in [0.5, 0.6) is 5.88 Å². The number of aromatic nitrogens is 3. The molecule has 3 aromatic rings. The Hall–Kier alpha value is -3.48. The molecule has 0 spiro atoms. The molecule has 7 nitrogen and oxygen atoms in total. The zero-order valence-electron chi connectivity index (χ0n) is 14.6. The van der Waals surface area contributed by atoms with Crippen molar-refractivity contribution in [3.05, 3.63) is 71.4 Å². The van der Waals surface area contributed by atoms with Gasteiger partial charge in [0.05, 0.1) is 23.0 Å². The number of nitrogens with zero attached hydrogens (tertiary/aromatic N) is 2. The number of pyridine rings is 2. The third kappa shape index (κ3) is 3.72. The Morgan fingerprint density at radius 1 is 1.19 bits per heavy atom. The lowest BCUT2D eigenvalue weighted by Crippen LogP contribution is -2.18. The monoisotopic (exact) mass is 362 g/mol. The molecule has 1 aliphatic rings. The first-order valence-electron chi connectivity index (χ1n) is 8.73. The number of ketones is 1. The molecule has 0 saturated heterocycles. The lowest BCUT2D eigenvalue weighted by Gasteiger charge is -2.12. The molecular weight excluding hydrogens is 344 g/mol. The Kier molecular flexibility index (Phi) is 4.65. The molecule has 0 fully saturated rings. The number of fused-ring (bicyclic) bond motifs is 1. The van der Waals surface area contributed by atoms with Gasteiger partial charge < -0.3 is 15.0 Å². The number of H-pyrrole nitrogens is 1. The molecule has 0 bridgehead atoms. The third-order valence-corrected chi connectivity index (χ3v) is 4.45. The van der Waals surface area contributed by atoms with Crippen molar-refractivity contribution in [1.82, 2.24) is 15.0 Å². The minimum atomic E-state index is -0.324. The van der Waals surface area contributed by atoms with Gasteiger partial charge in [0, 0.05) is 36.8 Å². The van der Waals surface area contributed by atoms with Crippen LogP contribution in [0.15, 0.2) is 49.1 Å². The molecule has 3 heterocycles. The number of carbonyl (C=O) groups excluding carboxylic acids is 2. The molecule has 3 aromatic heterocycles. The number of anilines is 1. The first-order valence-corrected chi connectivity index (χ1v) is 8.73. The molecular formula is C20H18N4O3. The average molecular weight is 362 g/mol. The van der Waals surface area contributed by atoms with Crippen LogP contribution in [0.25, 0.3) is 0 Å². The topological polar surface area (TPSA) is 97.0 Å². The number of aromatic amines is 1. The quantitative estimate of drug-likeness (QED) is 0.727. The number of Topliss-reactive ketones (excluding diaryl/α,β-unsaturated/α-hetero) is 1. The largest absolute Gasteiger partial charge is 0.473 e. The number of aryl methyl sites for hydroxylation is 1. The van der Waals surface area contributed by atoms with Gasteiger partial charge in [-0.05, 0) is 36.6 Å². The molecule has 1 amide bonds. The highest BCUT2D eigenvalue weighted by atomic mass is 16.5. The molecule has 1 aliphatic carbocycles. The first kappa shape index (κ1) is 17.0. The minimum absolute atomic E-state index is 0.0145. The lowest BCUT2D eigenvalue weighted by atomic mass is 9.93. The van der Waals surface area contributed by atoms with Crippen LogP contribution in [0.3, 0.4) is 0 Å². The molecule has 0 aromatic carbocycles. The molecule has 0 unspecified atom stereocenters. The van der Waals surface area contributed by atoms with E-state index >= 15 is 0 Å². The van der Waals surface area contributed by atoms with Gasteiger partial charge >= 0.3 is 0 Å². The van der Waals surface area contributed by atoms with E-state index in [1.165, 1.54) is 6.20 Å². The van der Waals surface area contributed by atoms with Gasteiger partial charge in [-0.1, -0.05) is 0 Å². The smallest absolute Gasteiger partial charge is 0.257 e. The van der Waals surface area contributed by atoms with E-state index < -0.39 is 0 Å². The molecule has 0 atom stereocenters. The van der Waals surface area contributed by atoms with E-state index in [9.17, 15) is 9.59 Å². The first-order chi connectivity index (χ1) is 13.2. The zero-order valence-corrected chi connectivity index (χ0v) is 14.6. The van der Waals surface area contributed by atoms with Gasteiger partial charge in [-0.3, -0.25) is 14.6 Å². The summed E-state index contributed by atoms with van der Waals surface area (Å²) in [5.41, 5.74) is 3.27. The highest BCUT2D eigenvalue weighted by Crippen LogP contribution is 2.25. The van der Waals surface area contributed by atoms with Crippen LogP contribution in [0, 0.1) is 0 Å². The second-order valence-corrected chi connectivity index (χ2v) is 6.32. The second kappa shape index (κ2) is 7.41. The van der Waals surface area contributed by atoms with E-state index in [0.29, 0.717) is 35.7 Å². The van der Waals surface area contributed by atoms with Gasteiger partial charge in [-0.2, -0.15) is 0 Å². The molecule has 0 aliphatic heterocycles. The normalized spacial score (nSPS) is 13.1. The second-order valence-electron chi connectivity index (χ2n) is 6.32. The SMILES string of the molecule is O=C(Nc1ccc(OCc2ccncc2)nc1)c1c[nH]c2c1C(=O)CCC2. The summed E-state index contributed by atoms with van der Waals surface area (Å²) in [5, 5.41) is 2.78. The predicted molar refractivity (Wildman–Crippen MR) is 98.8 cm³/mol. The van der Waals surface area contributed by atoms with E-state index in [0.717, 1.165) is 24.1 Å². The van der Waals surface area contributed by atoms with Crippen molar-refractivity contribution in [2.24, 2.45) is 0 Å². The van der Waals surface area contributed by atoms with Gasteiger partial charge in [0.2, 0.25) is 5.88 Å². The van der Waals surface area contributed by atoms with E-state index in [2.05, 4.69) is 20.3 Å². The number of carbonyl (C=O) groups is 2. The summed E-state index contributed by atoms with van der Waals surface area (Å²) < 4.78 is 5.61. The van der Waals surface area contributed by atoms with Gasteiger partial charge in [0.25, 0.3) is 5.91 Å². The Bertz CT molecular complexity index is 965. The van der Waals surface area contributed by atoms with Crippen LogP contribution >= 0.6 is 0 Å². The highest BCUT2D eigenvalue weighted by molar-refractivity contribution is 6.13. The summed E-state index contributed by atoms with van der Waals surface area (Å²) in [6.07, 6.45) is 8.63. The molecule has 0 radical (unpaired) electrons. The average Bonchev–Trinajstić information content (AvgIpc) is 3.14. The van der Waals surface area contributed by atoms with Crippen molar-refractivity contribution in [2.45, 2.75) is 25.9 Å². The van der Waals surface area contributed by atoms with Crippen molar-refractivity contribution in [3.8, 4) is 5.88 Å². The zero-order chi connectivity index (χ0) is 18.6. The Balaban J connectivity index is 1.41. The highest BCUT2D eigenvalue weighted by Gasteiger charge is 2.25. The number of nitrogens with one attached hydrogen (secondary N) is 2. The van der Waals surface area contributed by atoms with Gasteiger partial charge in [-0.15, -0.1) is 0 Å². The summed E-state index contributed by atoms with van der Waals surface area (Å²) in [6, 6.07) is 7.14. The summed E-state index contributed by atoms with van der Waals surface area (Å²) >= 11 is 0. The third-order valence-electron chi connectivity index (χ3n) is 4.45. The predicted octanol–water partition coefficient (Wildman–Crippen LogP) is 3.16. The van der Waals surface area contributed by atoms with E-state index in [1.807, 2.05) is 12.1 Å². The van der Waals surface area contributed by atoms with Crippen LogP contribution in [-0.2, 0) is 13.0 Å².